The van der Waals surface area contributed by atoms with Gasteiger partial charge in [-0.15, -0.1) is 0 Å². The van der Waals surface area contributed by atoms with Crippen molar-refractivity contribution in [3.8, 4) is 0 Å². The first kappa shape index (κ1) is 13.1. The second-order valence-electron chi connectivity index (χ2n) is 4.57. The fraction of sp³-hybridized carbons (Fsp3) is 0.133. The molecule has 6 nitrogen and oxygen atoms in total. The smallest absolute Gasteiger partial charge is 0.274 e. The molecule has 0 spiro atoms. The summed E-state index contributed by atoms with van der Waals surface area (Å²) in [5.74, 6) is -0.269. The van der Waals surface area contributed by atoms with E-state index in [1.807, 2.05) is 25.1 Å². The lowest BCUT2D eigenvalue weighted by Gasteiger charge is -2.07. The molecule has 106 valence electrons. The molecule has 1 N–H and O–H groups in total. The van der Waals surface area contributed by atoms with Gasteiger partial charge >= 0.3 is 0 Å². The monoisotopic (exact) mass is 282 g/mol. The fourth-order valence-corrected chi connectivity index (χ4v) is 2.15. The van der Waals surface area contributed by atoms with Crippen LogP contribution >= 0.6 is 0 Å². The van der Waals surface area contributed by atoms with E-state index in [2.05, 4.69) is 10.3 Å². The van der Waals surface area contributed by atoms with Crippen LogP contribution in [-0.2, 0) is 6.54 Å². The van der Waals surface area contributed by atoms with E-state index in [1.165, 1.54) is 16.8 Å². The molecule has 3 heterocycles. The van der Waals surface area contributed by atoms with E-state index in [9.17, 15) is 9.59 Å². The van der Waals surface area contributed by atoms with E-state index in [4.69, 9.17) is 0 Å². The van der Waals surface area contributed by atoms with E-state index in [0.29, 0.717) is 23.6 Å². The lowest BCUT2D eigenvalue weighted by molar-refractivity contribution is 0.102. The minimum absolute atomic E-state index is 0.0923. The largest absolute Gasteiger partial charge is 0.319 e. The number of hydrogen-bond acceptors (Lipinski definition) is 3. The van der Waals surface area contributed by atoms with Crippen LogP contribution in [0.5, 0.6) is 0 Å². The molecular weight excluding hydrogens is 268 g/mol. The lowest BCUT2D eigenvalue weighted by atomic mass is 10.3. The highest BCUT2D eigenvalue weighted by Gasteiger charge is 2.12. The summed E-state index contributed by atoms with van der Waals surface area (Å²) in [6.45, 7) is 2.43. The molecule has 0 aliphatic carbocycles. The topological polar surface area (TPSA) is 68.4 Å². The van der Waals surface area contributed by atoms with Gasteiger partial charge in [0.15, 0.2) is 0 Å². The van der Waals surface area contributed by atoms with Gasteiger partial charge in [0.1, 0.15) is 11.3 Å². The third-order valence-electron chi connectivity index (χ3n) is 3.23. The molecule has 0 saturated heterocycles. The number of rotatable bonds is 3. The number of aryl methyl sites for hydroxylation is 1. The van der Waals surface area contributed by atoms with E-state index in [0.717, 1.165) is 0 Å². The predicted molar refractivity (Wildman–Crippen MR) is 79.5 cm³/mol. The van der Waals surface area contributed by atoms with E-state index < -0.39 is 0 Å². The quantitative estimate of drug-likeness (QED) is 0.796. The molecule has 0 fully saturated rings. The van der Waals surface area contributed by atoms with Crippen molar-refractivity contribution in [2.75, 3.05) is 5.32 Å². The molecule has 0 aliphatic heterocycles. The second kappa shape index (κ2) is 5.24. The molecule has 3 aromatic heterocycles. The molecule has 1 amide bonds. The SMILES string of the molecule is CCn1cc(NC(=O)c2cnc3ccccn23)ccc1=O. The van der Waals surface area contributed by atoms with Crippen LogP contribution in [0.2, 0.25) is 0 Å². The van der Waals surface area contributed by atoms with Crippen LogP contribution in [0.15, 0.2) is 53.7 Å². The molecule has 0 aromatic carbocycles. The van der Waals surface area contributed by atoms with Gasteiger partial charge in [-0.05, 0) is 25.1 Å². The van der Waals surface area contributed by atoms with E-state index in [-0.39, 0.29) is 11.5 Å². The summed E-state index contributed by atoms with van der Waals surface area (Å²) in [5.41, 5.74) is 1.64. The van der Waals surface area contributed by atoms with Gasteiger partial charge in [0, 0.05) is 25.0 Å². The molecule has 0 atom stereocenters. The first-order valence-corrected chi connectivity index (χ1v) is 6.63. The van der Waals surface area contributed by atoms with Crippen LogP contribution in [0, 0.1) is 0 Å². The Morgan fingerprint density at radius 1 is 1.29 bits per heavy atom. The number of aromatic nitrogens is 3. The van der Waals surface area contributed by atoms with Crippen molar-refractivity contribution in [3.05, 3.63) is 65.0 Å². The molecule has 0 saturated carbocycles. The van der Waals surface area contributed by atoms with Crippen molar-refractivity contribution in [3.63, 3.8) is 0 Å². The highest BCUT2D eigenvalue weighted by Crippen LogP contribution is 2.10. The van der Waals surface area contributed by atoms with Crippen LogP contribution in [0.3, 0.4) is 0 Å². The van der Waals surface area contributed by atoms with Gasteiger partial charge in [0.05, 0.1) is 11.9 Å². The first-order valence-electron chi connectivity index (χ1n) is 6.63. The maximum atomic E-state index is 12.3. The Balaban J connectivity index is 1.91. The van der Waals surface area contributed by atoms with Gasteiger partial charge in [-0.3, -0.25) is 14.0 Å². The predicted octanol–water partition coefficient (Wildman–Crippen LogP) is 1.77. The van der Waals surface area contributed by atoms with Crippen LogP contribution in [0.25, 0.3) is 5.65 Å². The van der Waals surface area contributed by atoms with Crippen molar-refractivity contribution in [2.24, 2.45) is 0 Å². The lowest BCUT2D eigenvalue weighted by Crippen LogP contribution is -2.20. The Bertz CT molecular complexity index is 863. The minimum atomic E-state index is -0.269. The Labute approximate surface area is 120 Å². The molecule has 0 aliphatic rings. The van der Waals surface area contributed by atoms with Crippen molar-refractivity contribution >= 4 is 17.2 Å². The summed E-state index contributed by atoms with van der Waals surface area (Å²) < 4.78 is 3.25. The maximum absolute atomic E-state index is 12.3. The Morgan fingerprint density at radius 3 is 2.95 bits per heavy atom. The summed E-state index contributed by atoms with van der Waals surface area (Å²) in [6, 6.07) is 8.56. The van der Waals surface area contributed by atoms with Gasteiger partial charge in [-0.2, -0.15) is 0 Å². The van der Waals surface area contributed by atoms with Crippen LogP contribution < -0.4 is 10.9 Å². The third kappa shape index (κ3) is 2.43. The molecule has 3 aromatic rings. The zero-order valence-electron chi connectivity index (χ0n) is 11.5. The number of hydrogen-bond donors (Lipinski definition) is 1. The zero-order valence-corrected chi connectivity index (χ0v) is 11.5. The number of amides is 1. The normalized spacial score (nSPS) is 10.7. The second-order valence-corrected chi connectivity index (χ2v) is 4.57. The van der Waals surface area contributed by atoms with Crippen LogP contribution in [-0.4, -0.2) is 19.9 Å². The Kier molecular flexibility index (Phi) is 3.27. The van der Waals surface area contributed by atoms with Gasteiger partial charge in [0.25, 0.3) is 11.5 Å². The van der Waals surface area contributed by atoms with Crippen LogP contribution in [0.4, 0.5) is 5.69 Å². The number of imidazole rings is 1. The molecule has 0 radical (unpaired) electrons. The number of nitrogens with one attached hydrogen (secondary N) is 1. The molecule has 0 unspecified atom stereocenters. The third-order valence-corrected chi connectivity index (χ3v) is 3.23. The summed E-state index contributed by atoms with van der Waals surface area (Å²) in [6.07, 6.45) is 4.94. The zero-order chi connectivity index (χ0) is 14.8. The summed E-state index contributed by atoms with van der Waals surface area (Å²) in [5, 5.41) is 2.78. The molecule has 6 heteroatoms. The highest BCUT2D eigenvalue weighted by atomic mass is 16.2. The number of pyridine rings is 2. The summed E-state index contributed by atoms with van der Waals surface area (Å²) in [7, 11) is 0. The standard InChI is InChI=1S/C15H14N4O2/c1-2-18-10-11(6-7-14(18)20)17-15(21)12-9-16-13-5-3-4-8-19(12)13/h3-10H,2H2,1H3,(H,17,21). The highest BCUT2D eigenvalue weighted by molar-refractivity contribution is 6.03. The molecule has 3 rings (SSSR count). The number of anilines is 1. The van der Waals surface area contributed by atoms with Crippen molar-refractivity contribution in [1.29, 1.82) is 0 Å². The number of nitrogens with zero attached hydrogens (tertiary/aromatic N) is 3. The van der Waals surface area contributed by atoms with Gasteiger partial charge in [-0.1, -0.05) is 6.07 Å². The Morgan fingerprint density at radius 2 is 2.14 bits per heavy atom. The van der Waals surface area contributed by atoms with Gasteiger partial charge in [-0.25, -0.2) is 4.98 Å². The van der Waals surface area contributed by atoms with Gasteiger partial charge < -0.3 is 9.88 Å². The number of carbonyl (C=O) groups excluding carboxylic acids is 1. The molecule has 21 heavy (non-hydrogen) atoms. The van der Waals surface area contributed by atoms with E-state index >= 15 is 0 Å². The van der Waals surface area contributed by atoms with E-state index in [1.54, 1.807) is 22.9 Å². The minimum Gasteiger partial charge on any atom is -0.319 e. The summed E-state index contributed by atoms with van der Waals surface area (Å²) >= 11 is 0. The van der Waals surface area contributed by atoms with Crippen LogP contribution in [0.1, 0.15) is 17.4 Å². The fourth-order valence-electron chi connectivity index (χ4n) is 2.15. The Hall–Kier alpha value is -2.89. The average Bonchev–Trinajstić information content (AvgIpc) is 2.93. The van der Waals surface area contributed by atoms with Gasteiger partial charge in [0.2, 0.25) is 0 Å². The number of carbonyl (C=O) groups is 1. The van der Waals surface area contributed by atoms with Crippen molar-refractivity contribution < 1.29 is 4.79 Å². The molecular formula is C15H14N4O2. The average molecular weight is 282 g/mol. The molecule has 0 bridgehead atoms. The maximum Gasteiger partial charge on any atom is 0.274 e. The van der Waals surface area contributed by atoms with Crippen molar-refractivity contribution in [2.45, 2.75) is 13.5 Å². The first-order chi connectivity index (χ1) is 10.2. The summed E-state index contributed by atoms with van der Waals surface area (Å²) in [4.78, 5) is 28.0. The van der Waals surface area contributed by atoms with Crippen molar-refractivity contribution in [1.82, 2.24) is 14.0 Å². The number of fused-ring (bicyclic) bond motifs is 1.